The van der Waals surface area contributed by atoms with Crippen LogP contribution in [0.15, 0.2) is 49.2 Å². The van der Waals surface area contributed by atoms with Crippen molar-refractivity contribution >= 4 is 23.5 Å². The summed E-state index contributed by atoms with van der Waals surface area (Å²) in [6.45, 7) is 4.37. The second kappa shape index (κ2) is 8.64. The van der Waals surface area contributed by atoms with Crippen molar-refractivity contribution in [2.45, 2.75) is 19.9 Å². The van der Waals surface area contributed by atoms with Crippen molar-refractivity contribution in [2.24, 2.45) is 0 Å². The minimum absolute atomic E-state index is 0.0154. The van der Waals surface area contributed by atoms with Crippen molar-refractivity contribution in [3.8, 4) is 0 Å². The smallest absolute Gasteiger partial charge is 0.341 e. The van der Waals surface area contributed by atoms with Gasteiger partial charge in [-0.3, -0.25) is 0 Å². The van der Waals surface area contributed by atoms with Gasteiger partial charge in [-0.15, -0.1) is 0 Å². The summed E-state index contributed by atoms with van der Waals surface area (Å²) < 4.78 is 7.00. The van der Waals surface area contributed by atoms with Crippen LogP contribution >= 0.6 is 11.6 Å². The van der Waals surface area contributed by atoms with Gasteiger partial charge in [-0.2, -0.15) is 0 Å². The number of benzene rings is 1. The molecule has 0 saturated carbocycles. The lowest BCUT2D eigenvalue weighted by atomic mass is 10.1. The zero-order valence-corrected chi connectivity index (χ0v) is 15.8. The molecule has 0 unspecified atom stereocenters. The fraction of sp³-hybridized carbons (Fsp3) is 0.263. The number of hydrogen-bond donors (Lipinski definition) is 1. The number of carbonyl (C=O) groups is 1. The number of nitrogens with one attached hydrogen (secondary N) is 1. The third-order valence-corrected chi connectivity index (χ3v) is 4.32. The van der Waals surface area contributed by atoms with Crippen LogP contribution in [0.3, 0.4) is 0 Å². The maximum Gasteiger partial charge on any atom is 0.341 e. The molecule has 0 spiro atoms. The summed E-state index contributed by atoms with van der Waals surface area (Å²) in [4.78, 5) is 24.6. The van der Waals surface area contributed by atoms with Gasteiger partial charge in [-0.25, -0.2) is 19.7 Å². The first-order chi connectivity index (χ1) is 13.1. The molecule has 8 heteroatoms. The molecule has 0 amide bonds. The molecule has 0 fully saturated rings. The van der Waals surface area contributed by atoms with Crippen molar-refractivity contribution in [3.63, 3.8) is 0 Å². The molecule has 0 aliphatic heterocycles. The number of rotatable bonds is 7. The predicted molar refractivity (Wildman–Crippen MR) is 103 cm³/mol. The molecular formula is C19H20ClN5O2. The van der Waals surface area contributed by atoms with Gasteiger partial charge in [0.2, 0.25) is 5.95 Å². The fourth-order valence-corrected chi connectivity index (χ4v) is 2.81. The van der Waals surface area contributed by atoms with Crippen molar-refractivity contribution in [1.29, 1.82) is 0 Å². The van der Waals surface area contributed by atoms with Gasteiger partial charge in [0.05, 0.1) is 30.2 Å². The van der Waals surface area contributed by atoms with Gasteiger partial charge < -0.3 is 14.6 Å². The second-order valence-corrected chi connectivity index (χ2v) is 6.31. The van der Waals surface area contributed by atoms with E-state index in [0.29, 0.717) is 35.4 Å². The van der Waals surface area contributed by atoms with E-state index in [9.17, 15) is 4.79 Å². The Hall–Kier alpha value is -2.93. The van der Waals surface area contributed by atoms with Crippen LogP contribution in [-0.4, -0.2) is 38.6 Å². The van der Waals surface area contributed by atoms with E-state index in [4.69, 9.17) is 16.3 Å². The molecule has 0 radical (unpaired) electrons. The average Bonchev–Trinajstić information content (AvgIpc) is 3.18. The van der Waals surface area contributed by atoms with E-state index in [1.807, 2.05) is 35.0 Å². The van der Waals surface area contributed by atoms with Crippen molar-refractivity contribution in [1.82, 2.24) is 19.5 Å². The molecule has 1 N–H and O–H groups in total. The molecule has 27 heavy (non-hydrogen) atoms. The van der Waals surface area contributed by atoms with Gasteiger partial charge in [0.15, 0.2) is 0 Å². The van der Waals surface area contributed by atoms with E-state index in [-0.39, 0.29) is 6.04 Å². The highest BCUT2D eigenvalue weighted by molar-refractivity contribution is 6.30. The Bertz CT molecular complexity index is 897. The number of esters is 1. The molecule has 7 nitrogen and oxygen atoms in total. The first-order valence-corrected chi connectivity index (χ1v) is 8.93. The van der Waals surface area contributed by atoms with Crippen molar-refractivity contribution < 1.29 is 9.53 Å². The van der Waals surface area contributed by atoms with Crippen LogP contribution in [0.1, 0.15) is 34.6 Å². The molecule has 3 rings (SSSR count). The van der Waals surface area contributed by atoms with Gasteiger partial charge in [0.1, 0.15) is 0 Å². The highest BCUT2D eigenvalue weighted by atomic mass is 35.5. The standard InChI is InChI=1S/C19H20ClN5O2/c1-3-27-18(26)16-10-22-19(24-13(16)2)23-11-17(25-9-8-21-12-25)14-4-6-15(20)7-5-14/h4-10,12,17H,3,11H2,1-2H3,(H,22,23,24)/t17-/m0/s1. The Kier molecular flexibility index (Phi) is 6.03. The maximum atomic E-state index is 11.9. The Morgan fingerprint density at radius 1 is 1.33 bits per heavy atom. The van der Waals surface area contributed by atoms with Crippen LogP contribution in [0.25, 0.3) is 0 Å². The minimum Gasteiger partial charge on any atom is -0.462 e. The number of halogens is 1. The van der Waals surface area contributed by atoms with E-state index in [1.54, 1.807) is 26.4 Å². The van der Waals surface area contributed by atoms with Crippen molar-refractivity contribution in [3.05, 3.63) is 71.0 Å². The Labute approximate surface area is 162 Å². The minimum atomic E-state index is -0.418. The Balaban J connectivity index is 1.77. The van der Waals surface area contributed by atoms with Crippen LogP contribution in [-0.2, 0) is 4.74 Å². The number of ether oxygens (including phenoxy) is 1. The topological polar surface area (TPSA) is 81.9 Å². The fourth-order valence-electron chi connectivity index (χ4n) is 2.68. The van der Waals surface area contributed by atoms with Gasteiger partial charge in [-0.05, 0) is 31.5 Å². The predicted octanol–water partition coefficient (Wildman–Crippen LogP) is 3.51. The number of anilines is 1. The molecular weight excluding hydrogens is 366 g/mol. The van der Waals surface area contributed by atoms with Crippen LogP contribution in [0, 0.1) is 6.92 Å². The summed E-state index contributed by atoms with van der Waals surface area (Å²) in [5.41, 5.74) is 2.01. The van der Waals surface area contributed by atoms with Crippen LogP contribution in [0.2, 0.25) is 5.02 Å². The maximum absolute atomic E-state index is 11.9. The van der Waals surface area contributed by atoms with E-state index >= 15 is 0 Å². The number of aryl methyl sites for hydroxylation is 1. The van der Waals surface area contributed by atoms with E-state index in [1.165, 1.54) is 6.20 Å². The molecule has 2 aromatic heterocycles. The number of aromatic nitrogens is 4. The van der Waals surface area contributed by atoms with Crippen LogP contribution in [0.5, 0.6) is 0 Å². The third-order valence-electron chi connectivity index (χ3n) is 4.07. The second-order valence-electron chi connectivity index (χ2n) is 5.87. The summed E-state index contributed by atoms with van der Waals surface area (Å²) in [6.07, 6.45) is 6.88. The third kappa shape index (κ3) is 4.62. The van der Waals surface area contributed by atoms with E-state index < -0.39 is 5.97 Å². The molecule has 1 atom stereocenters. The molecule has 0 aliphatic rings. The zero-order chi connectivity index (χ0) is 19.2. The average molecular weight is 386 g/mol. The molecule has 0 bridgehead atoms. The summed E-state index contributed by atoms with van der Waals surface area (Å²) in [7, 11) is 0. The number of hydrogen-bond acceptors (Lipinski definition) is 6. The van der Waals surface area contributed by atoms with E-state index in [0.717, 1.165) is 5.56 Å². The normalized spacial score (nSPS) is 11.8. The largest absolute Gasteiger partial charge is 0.462 e. The quantitative estimate of drug-likeness (QED) is 0.627. The highest BCUT2D eigenvalue weighted by Gasteiger charge is 2.16. The van der Waals surface area contributed by atoms with E-state index in [2.05, 4.69) is 20.3 Å². The molecule has 0 aliphatic carbocycles. The SMILES string of the molecule is CCOC(=O)c1cnc(NC[C@@H](c2ccc(Cl)cc2)n2ccnc2)nc1C. The lowest BCUT2D eigenvalue weighted by molar-refractivity contribution is 0.0524. The summed E-state index contributed by atoms with van der Waals surface area (Å²) in [5.74, 6) is 0.0265. The van der Waals surface area contributed by atoms with Crippen LogP contribution in [0.4, 0.5) is 5.95 Å². The monoisotopic (exact) mass is 385 g/mol. The van der Waals surface area contributed by atoms with Crippen molar-refractivity contribution in [2.75, 3.05) is 18.5 Å². The van der Waals surface area contributed by atoms with Gasteiger partial charge in [-0.1, -0.05) is 23.7 Å². The molecule has 2 heterocycles. The first kappa shape index (κ1) is 18.8. The summed E-state index contributed by atoms with van der Waals surface area (Å²) >= 11 is 6.00. The van der Waals surface area contributed by atoms with Crippen LogP contribution < -0.4 is 5.32 Å². The molecule has 3 aromatic rings. The van der Waals surface area contributed by atoms with Gasteiger partial charge in [0, 0.05) is 30.2 Å². The van der Waals surface area contributed by atoms with Gasteiger partial charge in [0.25, 0.3) is 0 Å². The summed E-state index contributed by atoms with van der Waals surface area (Å²) in [6, 6.07) is 7.65. The van der Waals surface area contributed by atoms with Gasteiger partial charge >= 0.3 is 5.97 Å². The molecule has 1 aromatic carbocycles. The molecule has 140 valence electrons. The number of carbonyl (C=O) groups excluding carboxylic acids is 1. The highest BCUT2D eigenvalue weighted by Crippen LogP contribution is 2.21. The Morgan fingerprint density at radius 3 is 2.74 bits per heavy atom. The first-order valence-electron chi connectivity index (χ1n) is 8.56. The summed E-state index contributed by atoms with van der Waals surface area (Å²) in [5, 5.41) is 3.91. The zero-order valence-electron chi connectivity index (χ0n) is 15.1. The number of nitrogens with zero attached hydrogens (tertiary/aromatic N) is 4. The Morgan fingerprint density at radius 2 is 2.11 bits per heavy atom. The lowest BCUT2D eigenvalue weighted by Gasteiger charge is -2.20. The molecule has 0 saturated heterocycles. The lowest BCUT2D eigenvalue weighted by Crippen LogP contribution is -2.20. The number of imidazole rings is 1.